The monoisotopic (exact) mass is 304 g/mol. The maximum atomic E-state index is 12.1. The standard InChI is InChI=1S/C14H16N4O4/c15-13(20)9-5-6-18(8-9)12(19)4-3-11-16-14(17-22-11)10-2-1-7-21-10/h1-2,7,9H,3-6,8H2,(H2,15,20)/t9-/m1/s1. The molecule has 2 aromatic heterocycles. The third-order valence-corrected chi connectivity index (χ3v) is 3.71. The fourth-order valence-corrected chi connectivity index (χ4v) is 2.45. The van der Waals surface area contributed by atoms with Crippen LogP contribution in [0.4, 0.5) is 0 Å². The minimum Gasteiger partial charge on any atom is -0.461 e. The van der Waals surface area contributed by atoms with Crippen LogP contribution in [0.5, 0.6) is 0 Å². The first-order valence-electron chi connectivity index (χ1n) is 7.07. The molecule has 2 N–H and O–H groups in total. The normalized spacial score (nSPS) is 17.8. The van der Waals surface area contributed by atoms with Crippen LogP contribution in [-0.4, -0.2) is 39.9 Å². The number of aryl methyl sites for hydroxylation is 1. The van der Waals surface area contributed by atoms with E-state index >= 15 is 0 Å². The van der Waals surface area contributed by atoms with Gasteiger partial charge < -0.3 is 19.6 Å². The molecular formula is C14H16N4O4. The molecule has 22 heavy (non-hydrogen) atoms. The average Bonchev–Trinajstić information content (AvgIpc) is 3.23. The number of hydrogen-bond acceptors (Lipinski definition) is 6. The summed E-state index contributed by atoms with van der Waals surface area (Å²) in [4.78, 5) is 29.0. The Morgan fingerprint density at radius 3 is 3.00 bits per heavy atom. The number of carbonyl (C=O) groups is 2. The van der Waals surface area contributed by atoms with E-state index in [2.05, 4.69) is 10.1 Å². The van der Waals surface area contributed by atoms with Crippen molar-refractivity contribution in [2.24, 2.45) is 11.7 Å². The highest BCUT2D eigenvalue weighted by molar-refractivity contribution is 5.81. The van der Waals surface area contributed by atoms with Crippen molar-refractivity contribution >= 4 is 11.8 Å². The van der Waals surface area contributed by atoms with Crippen molar-refractivity contribution in [3.05, 3.63) is 24.3 Å². The molecule has 0 unspecified atom stereocenters. The lowest BCUT2D eigenvalue weighted by atomic mass is 10.1. The number of primary amides is 1. The summed E-state index contributed by atoms with van der Waals surface area (Å²) in [6.45, 7) is 0.962. The molecule has 3 heterocycles. The van der Waals surface area contributed by atoms with E-state index in [-0.39, 0.29) is 24.2 Å². The summed E-state index contributed by atoms with van der Waals surface area (Å²) in [5.74, 6) is 0.632. The summed E-state index contributed by atoms with van der Waals surface area (Å²) in [7, 11) is 0. The Kier molecular flexibility index (Phi) is 3.90. The van der Waals surface area contributed by atoms with Crippen molar-refractivity contribution in [2.75, 3.05) is 13.1 Å². The molecule has 0 bridgehead atoms. The highest BCUT2D eigenvalue weighted by Gasteiger charge is 2.29. The second-order valence-electron chi connectivity index (χ2n) is 5.22. The summed E-state index contributed by atoms with van der Waals surface area (Å²) < 4.78 is 10.3. The first-order chi connectivity index (χ1) is 10.6. The van der Waals surface area contributed by atoms with Crippen molar-refractivity contribution in [2.45, 2.75) is 19.3 Å². The molecule has 3 rings (SSSR count). The quantitative estimate of drug-likeness (QED) is 0.864. The molecule has 2 aromatic rings. The predicted molar refractivity (Wildman–Crippen MR) is 74.2 cm³/mol. The molecule has 1 aliphatic heterocycles. The van der Waals surface area contributed by atoms with Crippen molar-refractivity contribution < 1.29 is 18.5 Å². The maximum absolute atomic E-state index is 12.1. The van der Waals surface area contributed by atoms with Gasteiger partial charge in [0.25, 0.3) is 0 Å². The number of likely N-dealkylation sites (tertiary alicyclic amines) is 1. The summed E-state index contributed by atoms with van der Waals surface area (Å²) in [6.07, 6.45) is 2.76. The third-order valence-electron chi connectivity index (χ3n) is 3.71. The van der Waals surface area contributed by atoms with E-state index in [0.717, 1.165) is 0 Å². The van der Waals surface area contributed by atoms with Crippen LogP contribution in [0, 0.1) is 5.92 Å². The second-order valence-corrected chi connectivity index (χ2v) is 5.22. The van der Waals surface area contributed by atoms with E-state index in [1.165, 1.54) is 6.26 Å². The van der Waals surface area contributed by atoms with Gasteiger partial charge in [-0.1, -0.05) is 5.16 Å². The lowest BCUT2D eigenvalue weighted by molar-refractivity contribution is -0.130. The largest absolute Gasteiger partial charge is 0.461 e. The smallest absolute Gasteiger partial charge is 0.238 e. The summed E-state index contributed by atoms with van der Waals surface area (Å²) in [6, 6.07) is 3.46. The van der Waals surface area contributed by atoms with Gasteiger partial charge in [-0.25, -0.2) is 0 Å². The van der Waals surface area contributed by atoms with Crippen LogP contribution < -0.4 is 5.73 Å². The van der Waals surface area contributed by atoms with Gasteiger partial charge in [0.15, 0.2) is 5.76 Å². The molecule has 0 saturated carbocycles. The van der Waals surface area contributed by atoms with Crippen molar-refractivity contribution in [1.29, 1.82) is 0 Å². The fourth-order valence-electron chi connectivity index (χ4n) is 2.45. The number of furan rings is 1. The Labute approximate surface area is 126 Å². The van der Waals surface area contributed by atoms with Crippen LogP contribution in [0.25, 0.3) is 11.6 Å². The van der Waals surface area contributed by atoms with E-state index in [1.807, 2.05) is 0 Å². The number of carbonyl (C=O) groups excluding carboxylic acids is 2. The van der Waals surface area contributed by atoms with Crippen LogP contribution in [0.15, 0.2) is 27.3 Å². The summed E-state index contributed by atoms with van der Waals surface area (Å²) >= 11 is 0. The second kappa shape index (κ2) is 6.00. The molecule has 0 spiro atoms. The van der Waals surface area contributed by atoms with Gasteiger partial charge in [0.05, 0.1) is 12.2 Å². The zero-order chi connectivity index (χ0) is 15.5. The van der Waals surface area contributed by atoms with Gasteiger partial charge in [0.1, 0.15) is 0 Å². The van der Waals surface area contributed by atoms with Gasteiger partial charge >= 0.3 is 0 Å². The van der Waals surface area contributed by atoms with E-state index < -0.39 is 0 Å². The lowest BCUT2D eigenvalue weighted by Gasteiger charge is -2.15. The number of aromatic nitrogens is 2. The molecule has 1 saturated heterocycles. The molecule has 0 aromatic carbocycles. The van der Waals surface area contributed by atoms with E-state index in [4.69, 9.17) is 14.7 Å². The molecule has 0 aliphatic carbocycles. The first kappa shape index (κ1) is 14.3. The minimum atomic E-state index is -0.352. The molecule has 8 heteroatoms. The summed E-state index contributed by atoms with van der Waals surface area (Å²) in [5, 5.41) is 3.80. The highest BCUT2D eigenvalue weighted by atomic mass is 16.5. The maximum Gasteiger partial charge on any atom is 0.238 e. The SMILES string of the molecule is NC(=O)[C@@H]1CCN(C(=O)CCc2nc(-c3ccco3)no2)C1. The minimum absolute atomic E-state index is 0.0403. The van der Waals surface area contributed by atoms with Crippen LogP contribution in [0.2, 0.25) is 0 Å². The predicted octanol–water partition coefficient (Wildman–Crippen LogP) is 0.596. The van der Waals surface area contributed by atoms with Crippen molar-refractivity contribution in [3.63, 3.8) is 0 Å². The Morgan fingerprint density at radius 2 is 2.32 bits per heavy atom. The summed E-state index contributed by atoms with van der Waals surface area (Å²) in [5.41, 5.74) is 5.26. The van der Waals surface area contributed by atoms with Crippen molar-refractivity contribution in [3.8, 4) is 11.6 Å². The highest BCUT2D eigenvalue weighted by Crippen LogP contribution is 2.18. The number of hydrogen-bond donors (Lipinski definition) is 1. The van der Waals surface area contributed by atoms with E-state index in [0.29, 0.717) is 43.4 Å². The van der Waals surface area contributed by atoms with Gasteiger partial charge in [-0.05, 0) is 18.6 Å². The zero-order valence-corrected chi connectivity index (χ0v) is 11.9. The van der Waals surface area contributed by atoms with Crippen LogP contribution in [-0.2, 0) is 16.0 Å². The Bertz CT molecular complexity index is 664. The molecule has 1 aliphatic rings. The first-order valence-corrected chi connectivity index (χ1v) is 7.07. The number of rotatable bonds is 5. The molecular weight excluding hydrogens is 288 g/mol. The molecule has 8 nitrogen and oxygen atoms in total. The number of nitrogens with two attached hydrogens (primary N) is 1. The van der Waals surface area contributed by atoms with Crippen LogP contribution >= 0.6 is 0 Å². The molecule has 2 amide bonds. The molecule has 116 valence electrons. The van der Waals surface area contributed by atoms with E-state index in [1.54, 1.807) is 17.0 Å². The fraction of sp³-hybridized carbons (Fsp3) is 0.429. The van der Waals surface area contributed by atoms with Crippen molar-refractivity contribution in [1.82, 2.24) is 15.0 Å². The van der Waals surface area contributed by atoms with Gasteiger partial charge in [-0.15, -0.1) is 0 Å². The third kappa shape index (κ3) is 3.00. The average molecular weight is 304 g/mol. The van der Waals surface area contributed by atoms with Gasteiger partial charge in [-0.3, -0.25) is 9.59 Å². The Hall–Kier alpha value is -2.64. The van der Waals surface area contributed by atoms with Gasteiger partial charge in [0.2, 0.25) is 23.5 Å². The molecule has 0 radical (unpaired) electrons. The Morgan fingerprint density at radius 1 is 1.45 bits per heavy atom. The number of nitrogens with zero attached hydrogens (tertiary/aromatic N) is 3. The molecule has 1 atom stereocenters. The van der Waals surface area contributed by atoms with Gasteiger partial charge in [-0.2, -0.15) is 4.98 Å². The number of amides is 2. The van der Waals surface area contributed by atoms with Crippen LogP contribution in [0.3, 0.4) is 0 Å². The van der Waals surface area contributed by atoms with Gasteiger partial charge in [0, 0.05) is 25.9 Å². The van der Waals surface area contributed by atoms with Crippen LogP contribution in [0.1, 0.15) is 18.7 Å². The lowest BCUT2D eigenvalue weighted by Crippen LogP contribution is -2.31. The van der Waals surface area contributed by atoms with E-state index in [9.17, 15) is 9.59 Å². The Balaban J connectivity index is 1.52. The topological polar surface area (TPSA) is 115 Å². The molecule has 1 fully saturated rings. The zero-order valence-electron chi connectivity index (χ0n) is 11.9.